The Kier molecular flexibility index (Phi) is 5.82. The third-order valence-corrected chi connectivity index (χ3v) is 5.56. The lowest BCUT2D eigenvalue weighted by Gasteiger charge is -2.20. The van der Waals surface area contributed by atoms with Crippen LogP contribution in [-0.4, -0.2) is 29.3 Å². The van der Waals surface area contributed by atoms with Crippen LogP contribution in [0.4, 0.5) is 21.3 Å². The van der Waals surface area contributed by atoms with E-state index in [0.29, 0.717) is 0 Å². The monoisotopic (exact) mass is 393 g/mol. The molecule has 2 amide bonds. The Morgan fingerprint density at radius 3 is 2.32 bits per heavy atom. The van der Waals surface area contributed by atoms with Gasteiger partial charge in [0.2, 0.25) is 0 Å². The molecular formula is C21H23N5OS. The van der Waals surface area contributed by atoms with Gasteiger partial charge in [0.1, 0.15) is 0 Å². The molecule has 7 heteroatoms. The zero-order chi connectivity index (χ0) is 19.2. The molecule has 4 rings (SSSR count). The van der Waals surface area contributed by atoms with Crippen LogP contribution in [0.2, 0.25) is 0 Å². The van der Waals surface area contributed by atoms with Gasteiger partial charge in [0, 0.05) is 24.3 Å². The third kappa shape index (κ3) is 4.67. The number of carbonyl (C=O) groups excluding carboxylic acids is 1. The number of carbonyl (C=O) groups is 1. The van der Waals surface area contributed by atoms with Crippen molar-refractivity contribution in [2.45, 2.75) is 25.7 Å². The van der Waals surface area contributed by atoms with Crippen LogP contribution in [0.25, 0.3) is 11.3 Å². The fourth-order valence-electron chi connectivity index (χ4n) is 3.30. The minimum atomic E-state index is -0.253. The predicted molar refractivity (Wildman–Crippen MR) is 115 cm³/mol. The number of hydrogen-bond acceptors (Lipinski definition) is 5. The number of amides is 2. The van der Waals surface area contributed by atoms with Gasteiger partial charge in [0.05, 0.1) is 10.7 Å². The van der Waals surface area contributed by atoms with Gasteiger partial charge < -0.3 is 10.2 Å². The molecule has 1 aliphatic heterocycles. The Morgan fingerprint density at radius 1 is 0.893 bits per heavy atom. The maximum absolute atomic E-state index is 12.0. The highest BCUT2D eigenvalue weighted by Crippen LogP contribution is 2.22. The van der Waals surface area contributed by atoms with Crippen LogP contribution in [0.1, 0.15) is 25.7 Å². The number of nitrogens with one attached hydrogen (secondary N) is 2. The number of nitrogens with zero attached hydrogens (tertiary/aromatic N) is 3. The van der Waals surface area contributed by atoms with Crippen molar-refractivity contribution < 1.29 is 4.79 Å². The average Bonchev–Trinajstić information content (AvgIpc) is 3.08. The molecule has 3 heterocycles. The smallest absolute Gasteiger partial charge is 0.324 e. The maximum atomic E-state index is 12.0. The zero-order valence-electron chi connectivity index (χ0n) is 15.6. The van der Waals surface area contributed by atoms with Gasteiger partial charge in [-0.15, -0.1) is 21.5 Å². The van der Waals surface area contributed by atoms with Gasteiger partial charge in [-0.05, 0) is 54.6 Å². The van der Waals surface area contributed by atoms with Crippen LogP contribution in [0, 0.1) is 0 Å². The van der Waals surface area contributed by atoms with Crippen LogP contribution in [-0.2, 0) is 0 Å². The standard InChI is InChI=1S/C21H23N5OS/c27-21(23-20-6-5-15-28-20)22-17-9-7-16(8-10-17)18-11-12-19(25-24-18)26-13-3-1-2-4-14-26/h5-12,15H,1-4,13-14H2,(H2,22,23,27). The highest BCUT2D eigenvalue weighted by molar-refractivity contribution is 7.14. The molecule has 6 nitrogen and oxygen atoms in total. The van der Waals surface area contributed by atoms with E-state index in [9.17, 15) is 4.79 Å². The van der Waals surface area contributed by atoms with E-state index in [0.717, 1.165) is 40.9 Å². The summed E-state index contributed by atoms with van der Waals surface area (Å²) < 4.78 is 0. The lowest BCUT2D eigenvalue weighted by Crippen LogP contribution is -2.25. The van der Waals surface area contributed by atoms with Crippen LogP contribution >= 0.6 is 11.3 Å². The second-order valence-corrected chi connectivity index (χ2v) is 7.76. The molecule has 1 saturated heterocycles. The molecule has 1 aromatic carbocycles. The van der Waals surface area contributed by atoms with E-state index in [1.165, 1.54) is 37.0 Å². The number of aromatic nitrogens is 2. The number of anilines is 3. The van der Waals surface area contributed by atoms with Crippen molar-refractivity contribution >= 4 is 33.9 Å². The molecular weight excluding hydrogens is 370 g/mol. The second-order valence-electron chi connectivity index (χ2n) is 6.81. The summed E-state index contributed by atoms with van der Waals surface area (Å²) in [6.45, 7) is 2.11. The first kappa shape index (κ1) is 18.4. The lowest BCUT2D eigenvalue weighted by atomic mass is 10.1. The molecule has 0 radical (unpaired) electrons. The summed E-state index contributed by atoms with van der Waals surface area (Å²) in [7, 11) is 0. The minimum absolute atomic E-state index is 0.253. The summed E-state index contributed by atoms with van der Waals surface area (Å²) >= 11 is 1.48. The van der Waals surface area contributed by atoms with E-state index in [2.05, 4.69) is 25.7 Å². The topological polar surface area (TPSA) is 70.2 Å². The average molecular weight is 394 g/mol. The number of urea groups is 1. The first-order valence-electron chi connectivity index (χ1n) is 9.58. The van der Waals surface area contributed by atoms with Gasteiger partial charge in [0.25, 0.3) is 0 Å². The van der Waals surface area contributed by atoms with E-state index in [1.807, 2.05) is 53.9 Å². The van der Waals surface area contributed by atoms with Crippen LogP contribution in [0.3, 0.4) is 0 Å². The fourth-order valence-corrected chi connectivity index (χ4v) is 3.91. The van der Waals surface area contributed by atoms with Crippen LogP contribution < -0.4 is 15.5 Å². The van der Waals surface area contributed by atoms with Gasteiger partial charge in [-0.25, -0.2) is 4.79 Å². The van der Waals surface area contributed by atoms with Gasteiger partial charge in [-0.1, -0.05) is 25.0 Å². The van der Waals surface area contributed by atoms with E-state index >= 15 is 0 Å². The van der Waals surface area contributed by atoms with Crippen molar-refractivity contribution in [2.75, 3.05) is 28.6 Å². The largest absolute Gasteiger partial charge is 0.355 e. The molecule has 0 bridgehead atoms. The first-order valence-corrected chi connectivity index (χ1v) is 10.5. The van der Waals surface area contributed by atoms with Crippen molar-refractivity contribution in [3.8, 4) is 11.3 Å². The molecule has 144 valence electrons. The lowest BCUT2D eigenvalue weighted by molar-refractivity contribution is 0.262. The van der Waals surface area contributed by atoms with Crippen LogP contribution in [0.15, 0.2) is 53.9 Å². The molecule has 1 fully saturated rings. The van der Waals surface area contributed by atoms with Gasteiger partial charge in [-0.2, -0.15) is 0 Å². The normalized spacial score (nSPS) is 14.4. The Bertz CT molecular complexity index is 886. The highest BCUT2D eigenvalue weighted by atomic mass is 32.1. The van der Waals surface area contributed by atoms with E-state index in [1.54, 1.807) is 0 Å². The van der Waals surface area contributed by atoms with Crippen molar-refractivity contribution in [2.24, 2.45) is 0 Å². The van der Waals surface area contributed by atoms with Crippen molar-refractivity contribution in [3.05, 3.63) is 53.9 Å². The summed E-state index contributed by atoms with van der Waals surface area (Å²) in [6.07, 6.45) is 5.04. The molecule has 0 unspecified atom stereocenters. The number of hydrogen-bond donors (Lipinski definition) is 2. The number of benzene rings is 1. The molecule has 2 aromatic heterocycles. The Balaban J connectivity index is 1.38. The molecule has 0 saturated carbocycles. The maximum Gasteiger partial charge on any atom is 0.324 e. The fraction of sp³-hybridized carbons (Fsp3) is 0.286. The minimum Gasteiger partial charge on any atom is -0.355 e. The highest BCUT2D eigenvalue weighted by Gasteiger charge is 2.12. The van der Waals surface area contributed by atoms with Crippen molar-refractivity contribution in [1.29, 1.82) is 0 Å². The number of rotatable bonds is 4. The molecule has 1 aliphatic rings. The molecule has 0 spiro atoms. The Hall–Kier alpha value is -2.93. The quantitative estimate of drug-likeness (QED) is 0.637. The van der Waals surface area contributed by atoms with Crippen molar-refractivity contribution in [1.82, 2.24) is 10.2 Å². The first-order chi connectivity index (χ1) is 13.8. The molecule has 0 atom stereocenters. The summed E-state index contributed by atoms with van der Waals surface area (Å²) in [5.74, 6) is 0.953. The molecule has 3 aromatic rings. The van der Waals surface area contributed by atoms with Gasteiger partial charge in [-0.3, -0.25) is 5.32 Å². The summed E-state index contributed by atoms with van der Waals surface area (Å²) in [5, 5.41) is 17.2. The molecule has 28 heavy (non-hydrogen) atoms. The third-order valence-electron chi connectivity index (χ3n) is 4.78. The van der Waals surface area contributed by atoms with Gasteiger partial charge in [0.15, 0.2) is 5.82 Å². The van der Waals surface area contributed by atoms with Crippen molar-refractivity contribution in [3.63, 3.8) is 0 Å². The van der Waals surface area contributed by atoms with E-state index in [-0.39, 0.29) is 6.03 Å². The SMILES string of the molecule is O=C(Nc1ccc(-c2ccc(N3CCCCCC3)nn2)cc1)Nc1cccs1. The van der Waals surface area contributed by atoms with Crippen LogP contribution in [0.5, 0.6) is 0 Å². The van der Waals surface area contributed by atoms with E-state index < -0.39 is 0 Å². The zero-order valence-corrected chi connectivity index (χ0v) is 16.4. The predicted octanol–water partition coefficient (Wildman–Crippen LogP) is 5.23. The summed E-state index contributed by atoms with van der Waals surface area (Å²) in [6, 6.07) is 15.2. The van der Waals surface area contributed by atoms with Gasteiger partial charge >= 0.3 is 6.03 Å². The number of thiophene rings is 1. The molecule has 0 aliphatic carbocycles. The summed E-state index contributed by atoms with van der Waals surface area (Å²) in [5.41, 5.74) is 2.53. The Labute approximate surface area is 168 Å². The summed E-state index contributed by atoms with van der Waals surface area (Å²) in [4.78, 5) is 14.3. The Morgan fingerprint density at radius 2 is 1.68 bits per heavy atom. The van der Waals surface area contributed by atoms with E-state index in [4.69, 9.17) is 0 Å². The molecule has 2 N–H and O–H groups in total. The second kappa shape index (κ2) is 8.84.